The highest BCUT2D eigenvalue weighted by atomic mass is 32.2. The van der Waals surface area contributed by atoms with Crippen molar-refractivity contribution in [1.82, 2.24) is 15.2 Å². The molecule has 0 aliphatic heterocycles. The van der Waals surface area contributed by atoms with Gasteiger partial charge < -0.3 is 4.42 Å². The van der Waals surface area contributed by atoms with Gasteiger partial charge in [-0.25, -0.2) is 0 Å². The largest absolute Gasteiger partial charge is 0.411 e. The lowest BCUT2D eigenvalue weighted by atomic mass is 10.2. The van der Waals surface area contributed by atoms with Gasteiger partial charge in [0, 0.05) is 30.3 Å². The molecule has 2 heterocycles. The Morgan fingerprint density at radius 3 is 2.68 bits per heavy atom. The van der Waals surface area contributed by atoms with Gasteiger partial charge in [0.15, 0.2) is 0 Å². The van der Waals surface area contributed by atoms with Crippen LogP contribution in [-0.4, -0.2) is 20.1 Å². The topological polar surface area (TPSA) is 95.0 Å². The SMILES string of the molecule is O=[N+]([O-])c1ccc(CSc2nnc(-c3cccnc3)o2)cc1. The van der Waals surface area contributed by atoms with Crippen molar-refractivity contribution in [3.63, 3.8) is 0 Å². The predicted octanol–water partition coefficient (Wildman–Crippen LogP) is 3.33. The highest BCUT2D eigenvalue weighted by molar-refractivity contribution is 7.98. The summed E-state index contributed by atoms with van der Waals surface area (Å²) in [6.45, 7) is 0. The molecule has 0 unspecified atom stereocenters. The van der Waals surface area contributed by atoms with E-state index in [1.807, 2.05) is 6.07 Å². The average Bonchev–Trinajstić information content (AvgIpc) is 3.03. The molecule has 2 aromatic heterocycles. The van der Waals surface area contributed by atoms with Crippen molar-refractivity contribution in [1.29, 1.82) is 0 Å². The van der Waals surface area contributed by atoms with E-state index in [4.69, 9.17) is 4.42 Å². The Bertz CT molecular complexity index is 774. The van der Waals surface area contributed by atoms with E-state index in [1.165, 1.54) is 23.9 Å². The second-order valence-electron chi connectivity index (χ2n) is 4.33. The van der Waals surface area contributed by atoms with E-state index >= 15 is 0 Å². The maximum absolute atomic E-state index is 10.6. The third kappa shape index (κ3) is 3.29. The summed E-state index contributed by atoms with van der Waals surface area (Å²) in [7, 11) is 0. The molecule has 7 nitrogen and oxygen atoms in total. The molecule has 3 aromatic rings. The second-order valence-corrected chi connectivity index (χ2v) is 5.25. The number of hydrogen-bond donors (Lipinski definition) is 0. The Morgan fingerprint density at radius 2 is 2.00 bits per heavy atom. The molecule has 0 spiro atoms. The Labute approximate surface area is 129 Å². The zero-order chi connectivity index (χ0) is 15.4. The quantitative estimate of drug-likeness (QED) is 0.405. The molecule has 0 saturated carbocycles. The smallest absolute Gasteiger partial charge is 0.277 e. The zero-order valence-electron chi connectivity index (χ0n) is 11.2. The van der Waals surface area contributed by atoms with Crippen molar-refractivity contribution in [3.8, 4) is 11.5 Å². The molecule has 0 aliphatic rings. The minimum Gasteiger partial charge on any atom is -0.411 e. The summed E-state index contributed by atoms with van der Waals surface area (Å²) in [5.41, 5.74) is 1.78. The number of thioether (sulfide) groups is 1. The maximum Gasteiger partial charge on any atom is 0.277 e. The molecular weight excluding hydrogens is 304 g/mol. The van der Waals surface area contributed by atoms with Gasteiger partial charge in [-0.3, -0.25) is 15.1 Å². The van der Waals surface area contributed by atoms with Crippen molar-refractivity contribution in [2.24, 2.45) is 0 Å². The van der Waals surface area contributed by atoms with E-state index in [0.717, 1.165) is 11.1 Å². The van der Waals surface area contributed by atoms with E-state index < -0.39 is 4.92 Å². The van der Waals surface area contributed by atoms with E-state index in [0.29, 0.717) is 16.9 Å². The van der Waals surface area contributed by atoms with Gasteiger partial charge in [-0.05, 0) is 17.7 Å². The Kier molecular flexibility index (Phi) is 4.10. The predicted molar refractivity (Wildman–Crippen MR) is 80.2 cm³/mol. The van der Waals surface area contributed by atoms with Crippen LogP contribution >= 0.6 is 11.8 Å². The van der Waals surface area contributed by atoms with Crippen LogP contribution in [0.25, 0.3) is 11.5 Å². The summed E-state index contributed by atoms with van der Waals surface area (Å²) in [6.07, 6.45) is 3.32. The molecule has 110 valence electrons. The number of nitrogens with zero attached hydrogens (tertiary/aromatic N) is 4. The molecular formula is C14H10N4O3S. The van der Waals surface area contributed by atoms with Gasteiger partial charge in [0.2, 0.25) is 5.89 Å². The van der Waals surface area contributed by atoms with Gasteiger partial charge >= 0.3 is 0 Å². The summed E-state index contributed by atoms with van der Waals surface area (Å²) in [5, 5.41) is 19.0. The molecule has 3 rings (SSSR count). The van der Waals surface area contributed by atoms with E-state index in [2.05, 4.69) is 15.2 Å². The molecule has 0 atom stereocenters. The van der Waals surface area contributed by atoms with Crippen LogP contribution in [0, 0.1) is 10.1 Å². The number of non-ortho nitro benzene ring substituents is 1. The summed E-state index contributed by atoms with van der Waals surface area (Å²) >= 11 is 1.37. The third-order valence-electron chi connectivity index (χ3n) is 2.82. The van der Waals surface area contributed by atoms with Gasteiger partial charge in [-0.15, -0.1) is 10.2 Å². The van der Waals surface area contributed by atoms with E-state index in [1.54, 1.807) is 30.6 Å². The first-order chi connectivity index (χ1) is 10.7. The summed E-state index contributed by atoms with van der Waals surface area (Å²) in [5.74, 6) is 1.01. The third-order valence-corrected chi connectivity index (χ3v) is 3.71. The monoisotopic (exact) mass is 314 g/mol. The summed E-state index contributed by atoms with van der Waals surface area (Å²) in [6, 6.07) is 10.0. The fourth-order valence-corrected chi connectivity index (χ4v) is 2.45. The minimum absolute atomic E-state index is 0.0744. The van der Waals surface area contributed by atoms with E-state index in [-0.39, 0.29) is 5.69 Å². The van der Waals surface area contributed by atoms with Crippen LogP contribution in [0.5, 0.6) is 0 Å². The van der Waals surface area contributed by atoms with Crippen LogP contribution in [0.2, 0.25) is 0 Å². The van der Waals surface area contributed by atoms with Crippen molar-refractivity contribution in [2.45, 2.75) is 11.0 Å². The molecule has 0 bridgehead atoms. The first-order valence-corrected chi connectivity index (χ1v) is 7.31. The lowest BCUT2D eigenvalue weighted by molar-refractivity contribution is -0.384. The lowest BCUT2D eigenvalue weighted by Gasteiger charge is -1.98. The Balaban J connectivity index is 1.65. The number of pyridine rings is 1. The van der Waals surface area contributed by atoms with Crippen LogP contribution in [-0.2, 0) is 5.75 Å². The van der Waals surface area contributed by atoms with Gasteiger partial charge in [-0.1, -0.05) is 23.9 Å². The first-order valence-electron chi connectivity index (χ1n) is 6.32. The van der Waals surface area contributed by atoms with Gasteiger partial charge in [0.05, 0.1) is 10.5 Å². The van der Waals surface area contributed by atoms with Crippen molar-refractivity contribution in [2.75, 3.05) is 0 Å². The van der Waals surface area contributed by atoms with Crippen molar-refractivity contribution >= 4 is 17.4 Å². The van der Waals surface area contributed by atoms with E-state index in [9.17, 15) is 10.1 Å². The van der Waals surface area contributed by atoms with Gasteiger partial charge in [-0.2, -0.15) is 0 Å². The van der Waals surface area contributed by atoms with Crippen LogP contribution < -0.4 is 0 Å². The molecule has 0 saturated heterocycles. The van der Waals surface area contributed by atoms with Gasteiger partial charge in [0.1, 0.15) is 0 Å². The highest BCUT2D eigenvalue weighted by Gasteiger charge is 2.10. The number of nitro benzene ring substituents is 1. The van der Waals surface area contributed by atoms with Crippen molar-refractivity contribution < 1.29 is 9.34 Å². The standard InChI is InChI=1S/C14H10N4O3S/c19-18(20)12-5-3-10(4-6-12)9-22-14-17-16-13(21-14)11-2-1-7-15-8-11/h1-8H,9H2. The number of rotatable bonds is 5. The number of aromatic nitrogens is 3. The zero-order valence-corrected chi connectivity index (χ0v) is 12.1. The molecule has 0 amide bonds. The number of benzene rings is 1. The average molecular weight is 314 g/mol. The van der Waals surface area contributed by atoms with Crippen molar-refractivity contribution in [3.05, 3.63) is 64.5 Å². The molecule has 22 heavy (non-hydrogen) atoms. The summed E-state index contributed by atoms with van der Waals surface area (Å²) < 4.78 is 5.55. The Morgan fingerprint density at radius 1 is 1.18 bits per heavy atom. The number of hydrogen-bond acceptors (Lipinski definition) is 7. The molecule has 1 aromatic carbocycles. The fourth-order valence-electron chi connectivity index (χ4n) is 1.73. The maximum atomic E-state index is 10.6. The molecule has 0 N–H and O–H groups in total. The van der Waals surface area contributed by atoms with Crippen LogP contribution in [0.3, 0.4) is 0 Å². The lowest BCUT2D eigenvalue weighted by Crippen LogP contribution is -1.88. The first kappa shape index (κ1) is 14.2. The van der Waals surface area contributed by atoms with Crippen LogP contribution in [0.4, 0.5) is 5.69 Å². The molecule has 8 heteroatoms. The highest BCUT2D eigenvalue weighted by Crippen LogP contribution is 2.25. The number of nitro groups is 1. The normalized spacial score (nSPS) is 10.5. The summed E-state index contributed by atoms with van der Waals surface area (Å²) in [4.78, 5) is 14.2. The molecule has 0 fully saturated rings. The van der Waals surface area contributed by atoms with Gasteiger partial charge in [0.25, 0.3) is 10.9 Å². The second kappa shape index (κ2) is 6.35. The molecule has 0 radical (unpaired) electrons. The fraction of sp³-hybridized carbons (Fsp3) is 0.0714. The minimum atomic E-state index is -0.422. The Hall–Kier alpha value is -2.74. The molecule has 0 aliphatic carbocycles. The van der Waals surface area contributed by atoms with Crippen LogP contribution in [0.1, 0.15) is 5.56 Å². The van der Waals surface area contributed by atoms with Crippen LogP contribution in [0.15, 0.2) is 58.4 Å².